The Morgan fingerprint density at radius 3 is 2.55 bits per heavy atom. The van der Waals surface area contributed by atoms with Crippen molar-refractivity contribution in [3.05, 3.63) is 64.7 Å². The lowest BCUT2D eigenvalue weighted by atomic mass is 9.95. The normalized spacial score (nSPS) is 17.5. The number of aromatic hydroxyl groups is 1. The molecule has 0 aliphatic carbocycles. The molecule has 0 bridgehead atoms. The standard InChI is InChI=1S/C19H22N2O/c1-12(2)14-5-7-15(8-6-14)17-11-18(21-20-17)16-10-13(3)4-9-19(16)22/h4-10,12,17,20,22H,11H2,1-3H3/t17-/m0/s1. The van der Waals surface area contributed by atoms with Gasteiger partial charge in [-0.3, -0.25) is 0 Å². The van der Waals surface area contributed by atoms with Crippen molar-refractivity contribution >= 4 is 5.71 Å². The molecule has 3 heteroatoms. The molecule has 0 saturated carbocycles. The Kier molecular flexibility index (Phi) is 3.88. The fraction of sp³-hybridized carbons (Fsp3) is 0.316. The zero-order valence-electron chi connectivity index (χ0n) is 13.3. The molecule has 0 aromatic heterocycles. The van der Waals surface area contributed by atoms with Gasteiger partial charge in [-0.05, 0) is 36.1 Å². The van der Waals surface area contributed by atoms with Crippen LogP contribution in [0.25, 0.3) is 0 Å². The first-order chi connectivity index (χ1) is 10.5. The predicted molar refractivity (Wildman–Crippen MR) is 90.4 cm³/mol. The third-order valence-corrected chi connectivity index (χ3v) is 4.22. The molecule has 0 radical (unpaired) electrons. The number of phenolic OH excluding ortho intramolecular Hbond substituents is 1. The molecule has 0 fully saturated rings. The Balaban J connectivity index is 1.77. The van der Waals surface area contributed by atoms with E-state index in [-0.39, 0.29) is 6.04 Å². The number of phenols is 1. The first-order valence-corrected chi connectivity index (χ1v) is 7.76. The SMILES string of the molecule is Cc1ccc(O)c(C2=NN[C@H](c3ccc(C(C)C)cc3)C2)c1. The van der Waals surface area contributed by atoms with E-state index in [4.69, 9.17) is 0 Å². The van der Waals surface area contributed by atoms with Crippen LogP contribution in [-0.4, -0.2) is 10.8 Å². The highest BCUT2D eigenvalue weighted by molar-refractivity contribution is 6.04. The molecule has 1 heterocycles. The third-order valence-electron chi connectivity index (χ3n) is 4.22. The topological polar surface area (TPSA) is 44.6 Å². The molecule has 1 aliphatic heterocycles. The number of benzene rings is 2. The fourth-order valence-corrected chi connectivity index (χ4v) is 2.80. The molecule has 0 spiro atoms. The smallest absolute Gasteiger partial charge is 0.124 e. The van der Waals surface area contributed by atoms with Gasteiger partial charge in [-0.2, -0.15) is 5.10 Å². The molecule has 2 aromatic rings. The number of nitrogens with zero attached hydrogens (tertiary/aromatic N) is 1. The van der Waals surface area contributed by atoms with Crippen molar-refractivity contribution in [2.45, 2.75) is 39.2 Å². The summed E-state index contributed by atoms with van der Waals surface area (Å²) in [6.07, 6.45) is 0.790. The number of hydrogen-bond acceptors (Lipinski definition) is 3. The van der Waals surface area contributed by atoms with Crippen molar-refractivity contribution in [3.8, 4) is 5.75 Å². The van der Waals surface area contributed by atoms with Crippen LogP contribution in [0, 0.1) is 6.92 Å². The monoisotopic (exact) mass is 294 g/mol. The lowest BCUT2D eigenvalue weighted by Crippen LogP contribution is -2.10. The molecular weight excluding hydrogens is 272 g/mol. The largest absolute Gasteiger partial charge is 0.507 e. The highest BCUT2D eigenvalue weighted by Crippen LogP contribution is 2.29. The Bertz CT molecular complexity index is 702. The minimum atomic E-state index is 0.177. The first kappa shape index (κ1) is 14.6. The van der Waals surface area contributed by atoms with Crippen LogP contribution in [0.3, 0.4) is 0 Å². The quantitative estimate of drug-likeness (QED) is 0.888. The average molecular weight is 294 g/mol. The Hall–Kier alpha value is -2.29. The molecule has 2 N–H and O–H groups in total. The van der Waals surface area contributed by atoms with E-state index in [0.29, 0.717) is 11.7 Å². The molecule has 1 aliphatic rings. The second kappa shape index (κ2) is 5.84. The van der Waals surface area contributed by atoms with Crippen molar-refractivity contribution < 1.29 is 5.11 Å². The number of nitrogens with one attached hydrogen (secondary N) is 1. The van der Waals surface area contributed by atoms with Crippen LogP contribution >= 0.6 is 0 Å². The maximum atomic E-state index is 10.0. The fourth-order valence-electron chi connectivity index (χ4n) is 2.80. The molecular formula is C19H22N2O. The van der Waals surface area contributed by atoms with Crippen LogP contribution < -0.4 is 5.43 Å². The van der Waals surface area contributed by atoms with Crippen molar-refractivity contribution in [3.63, 3.8) is 0 Å². The van der Waals surface area contributed by atoms with Crippen LogP contribution in [0.1, 0.15) is 54.5 Å². The van der Waals surface area contributed by atoms with Gasteiger partial charge in [0.05, 0.1) is 11.8 Å². The zero-order valence-corrected chi connectivity index (χ0v) is 13.3. The van der Waals surface area contributed by atoms with E-state index in [1.54, 1.807) is 6.07 Å². The average Bonchev–Trinajstić information content (AvgIpc) is 2.99. The summed E-state index contributed by atoms with van der Waals surface area (Å²) in [4.78, 5) is 0. The summed E-state index contributed by atoms with van der Waals surface area (Å²) >= 11 is 0. The maximum absolute atomic E-state index is 10.0. The van der Waals surface area contributed by atoms with E-state index in [2.05, 4.69) is 48.6 Å². The minimum absolute atomic E-state index is 0.177. The summed E-state index contributed by atoms with van der Waals surface area (Å²) in [5.74, 6) is 0.837. The van der Waals surface area contributed by atoms with Gasteiger partial charge in [-0.15, -0.1) is 0 Å². The van der Waals surface area contributed by atoms with Gasteiger partial charge in [0.2, 0.25) is 0 Å². The van der Waals surface area contributed by atoms with Crippen molar-refractivity contribution in [2.75, 3.05) is 0 Å². The number of rotatable bonds is 3. The van der Waals surface area contributed by atoms with Gasteiger partial charge >= 0.3 is 0 Å². The molecule has 3 rings (SSSR count). The molecule has 1 atom stereocenters. The summed E-state index contributed by atoms with van der Waals surface area (Å²) < 4.78 is 0. The van der Waals surface area contributed by atoms with Crippen LogP contribution in [-0.2, 0) is 0 Å². The number of aryl methyl sites for hydroxylation is 1. The number of hydrazone groups is 1. The van der Waals surface area contributed by atoms with Gasteiger partial charge < -0.3 is 10.5 Å². The van der Waals surface area contributed by atoms with E-state index in [9.17, 15) is 5.11 Å². The minimum Gasteiger partial charge on any atom is -0.507 e. The molecule has 0 amide bonds. The highest BCUT2D eigenvalue weighted by Gasteiger charge is 2.23. The van der Waals surface area contributed by atoms with Gasteiger partial charge in [0.15, 0.2) is 0 Å². The summed E-state index contributed by atoms with van der Waals surface area (Å²) in [6, 6.07) is 14.5. The van der Waals surface area contributed by atoms with Gasteiger partial charge in [-0.1, -0.05) is 49.7 Å². The van der Waals surface area contributed by atoms with E-state index in [1.807, 2.05) is 19.1 Å². The van der Waals surface area contributed by atoms with Gasteiger partial charge in [0.1, 0.15) is 5.75 Å². The van der Waals surface area contributed by atoms with Crippen LogP contribution in [0.2, 0.25) is 0 Å². The van der Waals surface area contributed by atoms with E-state index >= 15 is 0 Å². The Morgan fingerprint density at radius 2 is 1.86 bits per heavy atom. The molecule has 114 valence electrons. The van der Waals surface area contributed by atoms with Gasteiger partial charge in [0, 0.05) is 12.0 Å². The summed E-state index contributed by atoms with van der Waals surface area (Å²) in [5, 5.41) is 14.5. The van der Waals surface area contributed by atoms with E-state index in [0.717, 1.165) is 23.3 Å². The van der Waals surface area contributed by atoms with Crippen molar-refractivity contribution in [2.24, 2.45) is 5.10 Å². The summed E-state index contributed by atoms with van der Waals surface area (Å²) in [5.41, 5.74) is 8.64. The predicted octanol–water partition coefficient (Wildman–Crippen LogP) is 4.26. The van der Waals surface area contributed by atoms with Gasteiger partial charge in [0.25, 0.3) is 0 Å². The van der Waals surface area contributed by atoms with Crippen LogP contribution in [0.15, 0.2) is 47.6 Å². The molecule has 0 saturated heterocycles. The second-order valence-corrected chi connectivity index (χ2v) is 6.29. The van der Waals surface area contributed by atoms with Crippen LogP contribution in [0.4, 0.5) is 0 Å². The van der Waals surface area contributed by atoms with E-state index < -0.39 is 0 Å². The lowest BCUT2D eigenvalue weighted by Gasteiger charge is -2.12. The Labute approximate surface area is 131 Å². The summed E-state index contributed by atoms with van der Waals surface area (Å²) in [7, 11) is 0. The van der Waals surface area contributed by atoms with Crippen LogP contribution in [0.5, 0.6) is 5.75 Å². The molecule has 22 heavy (non-hydrogen) atoms. The lowest BCUT2D eigenvalue weighted by molar-refractivity contribution is 0.474. The van der Waals surface area contributed by atoms with Crippen molar-refractivity contribution in [1.29, 1.82) is 0 Å². The van der Waals surface area contributed by atoms with Crippen molar-refractivity contribution in [1.82, 2.24) is 5.43 Å². The third kappa shape index (κ3) is 2.84. The maximum Gasteiger partial charge on any atom is 0.124 e. The summed E-state index contributed by atoms with van der Waals surface area (Å²) in [6.45, 7) is 6.42. The molecule has 3 nitrogen and oxygen atoms in total. The number of hydrogen-bond donors (Lipinski definition) is 2. The molecule has 0 unspecified atom stereocenters. The van der Waals surface area contributed by atoms with E-state index in [1.165, 1.54) is 11.1 Å². The van der Waals surface area contributed by atoms with Gasteiger partial charge in [-0.25, -0.2) is 0 Å². The zero-order chi connectivity index (χ0) is 15.7. The molecule has 2 aromatic carbocycles. The second-order valence-electron chi connectivity index (χ2n) is 6.29. The Morgan fingerprint density at radius 1 is 1.14 bits per heavy atom. The highest BCUT2D eigenvalue weighted by atomic mass is 16.3. The first-order valence-electron chi connectivity index (χ1n) is 7.76.